The van der Waals surface area contributed by atoms with Gasteiger partial charge in [0, 0.05) is 11.3 Å². The zero-order valence-corrected chi connectivity index (χ0v) is 15.2. The van der Waals surface area contributed by atoms with E-state index in [2.05, 4.69) is 31.8 Å². The second-order valence-corrected chi connectivity index (χ2v) is 7.36. The third-order valence-electron chi connectivity index (χ3n) is 3.42. The summed E-state index contributed by atoms with van der Waals surface area (Å²) in [4.78, 5) is 25.0. The van der Waals surface area contributed by atoms with Gasteiger partial charge in [-0.2, -0.15) is 5.10 Å². The number of rotatable bonds is 4. The SMILES string of the molecule is O=C(CC1Sc2ccccc2NC1=O)NN=Cc1ccc(F)c(Br)c1. The molecule has 1 atom stereocenters. The maximum atomic E-state index is 13.2. The second kappa shape index (κ2) is 7.79. The Morgan fingerprint density at radius 3 is 2.96 bits per heavy atom. The van der Waals surface area contributed by atoms with Crippen LogP contribution in [0.5, 0.6) is 0 Å². The largest absolute Gasteiger partial charge is 0.324 e. The fraction of sp³-hybridized carbons (Fsp3) is 0.118. The smallest absolute Gasteiger partial charge is 0.241 e. The Morgan fingerprint density at radius 2 is 2.16 bits per heavy atom. The fourth-order valence-corrected chi connectivity index (χ4v) is 3.72. The quantitative estimate of drug-likeness (QED) is 0.585. The van der Waals surface area contributed by atoms with Crippen molar-refractivity contribution in [2.75, 3.05) is 5.32 Å². The van der Waals surface area contributed by atoms with Crippen LogP contribution >= 0.6 is 27.7 Å². The monoisotopic (exact) mass is 421 g/mol. The van der Waals surface area contributed by atoms with Crippen LogP contribution in [0, 0.1) is 5.82 Å². The summed E-state index contributed by atoms with van der Waals surface area (Å²) in [5, 5.41) is 6.12. The van der Waals surface area contributed by atoms with Crippen LogP contribution in [0.1, 0.15) is 12.0 Å². The highest BCUT2D eigenvalue weighted by Crippen LogP contribution is 2.36. The number of hydrogen-bond donors (Lipinski definition) is 2. The van der Waals surface area contributed by atoms with Crippen molar-refractivity contribution in [2.24, 2.45) is 5.10 Å². The Labute approximate surface area is 156 Å². The maximum absolute atomic E-state index is 13.2. The Kier molecular flexibility index (Phi) is 5.50. The number of anilines is 1. The van der Waals surface area contributed by atoms with E-state index in [0.29, 0.717) is 10.0 Å². The number of nitrogens with zero attached hydrogens (tertiary/aromatic N) is 1. The third kappa shape index (κ3) is 4.46. The number of nitrogens with one attached hydrogen (secondary N) is 2. The van der Waals surface area contributed by atoms with Gasteiger partial charge in [0.2, 0.25) is 11.8 Å². The summed E-state index contributed by atoms with van der Waals surface area (Å²) in [6, 6.07) is 11.8. The van der Waals surface area contributed by atoms with E-state index in [4.69, 9.17) is 0 Å². The molecular weight excluding hydrogens is 409 g/mol. The second-order valence-electron chi connectivity index (χ2n) is 5.26. The number of hydrazone groups is 1. The lowest BCUT2D eigenvalue weighted by atomic mass is 10.2. The van der Waals surface area contributed by atoms with Crippen LogP contribution in [-0.4, -0.2) is 23.3 Å². The predicted molar refractivity (Wildman–Crippen MR) is 99.2 cm³/mol. The molecule has 2 amide bonds. The number of carbonyl (C=O) groups is 2. The van der Waals surface area contributed by atoms with Gasteiger partial charge in [-0.25, -0.2) is 9.82 Å². The van der Waals surface area contributed by atoms with Crippen LogP contribution < -0.4 is 10.7 Å². The number of para-hydroxylation sites is 1. The molecule has 1 unspecified atom stereocenters. The van der Waals surface area contributed by atoms with E-state index in [9.17, 15) is 14.0 Å². The van der Waals surface area contributed by atoms with Crippen LogP contribution in [-0.2, 0) is 9.59 Å². The van der Waals surface area contributed by atoms with Crippen molar-refractivity contribution in [3.63, 3.8) is 0 Å². The zero-order valence-electron chi connectivity index (χ0n) is 12.8. The van der Waals surface area contributed by atoms with Gasteiger partial charge < -0.3 is 5.32 Å². The molecule has 0 fully saturated rings. The van der Waals surface area contributed by atoms with Crippen molar-refractivity contribution in [1.29, 1.82) is 0 Å². The molecule has 128 valence electrons. The van der Waals surface area contributed by atoms with Crippen molar-refractivity contribution in [1.82, 2.24) is 5.43 Å². The first-order valence-corrected chi connectivity index (χ1v) is 9.04. The lowest BCUT2D eigenvalue weighted by molar-refractivity contribution is -0.124. The molecule has 0 radical (unpaired) electrons. The summed E-state index contributed by atoms with van der Waals surface area (Å²) in [7, 11) is 0. The first kappa shape index (κ1) is 17.6. The van der Waals surface area contributed by atoms with Gasteiger partial charge in [0.1, 0.15) is 5.82 Å². The van der Waals surface area contributed by atoms with E-state index >= 15 is 0 Å². The van der Waals surface area contributed by atoms with Crippen molar-refractivity contribution in [2.45, 2.75) is 16.6 Å². The predicted octanol–water partition coefficient (Wildman–Crippen LogP) is 3.54. The van der Waals surface area contributed by atoms with Crippen molar-refractivity contribution in [3.05, 3.63) is 58.3 Å². The molecule has 1 aliphatic heterocycles. The standard InChI is InChI=1S/C17H13BrFN3O2S/c18-11-7-10(5-6-12(11)19)9-20-22-16(23)8-15-17(24)21-13-3-1-2-4-14(13)25-15/h1-7,9,15H,8H2,(H,21,24)(H,22,23). The summed E-state index contributed by atoms with van der Waals surface area (Å²) in [5.74, 6) is -0.948. The fourth-order valence-electron chi connectivity index (χ4n) is 2.21. The van der Waals surface area contributed by atoms with Crippen molar-refractivity contribution >= 4 is 51.4 Å². The van der Waals surface area contributed by atoms with E-state index < -0.39 is 5.25 Å². The van der Waals surface area contributed by atoms with Gasteiger partial charge in [-0.15, -0.1) is 11.8 Å². The third-order valence-corrected chi connectivity index (χ3v) is 5.31. The molecule has 8 heteroatoms. The number of benzene rings is 2. The minimum atomic E-state index is -0.509. The van der Waals surface area contributed by atoms with E-state index in [1.165, 1.54) is 30.1 Å². The first-order valence-electron chi connectivity index (χ1n) is 7.36. The molecule has 1 heterocycles. The first-order chi connectivity index (χ1) is 12.0. The van der Waals surface area contributed by atoms with E-state index in [1.807, 2.05) is 24.3 Å². The normalized spacial score (nSPS) is 16.4. The van der Waals surface area contributed by atoms with Crippen LogP contribution in [0.4, 0.5) is 10.1 Å². The number of halogens is 2. The molecule has 2 aromatic carbocycles. The Hall–Kier alpha value is -2.19. The van der Waals surface area contributed by atoms with Gasteiger partial charge >= 0.3 is 0 Å². The van der Waals surface area contributed by atoms with Crippen LogP contribution in [0.15, 0.2) is 56.9 Å². The highest BCUT2D eigenvalue weighted by Gasteiger charge is 2.28. The molecule has 0 bridgehead atoms. The van der Waals surface area contributed by atoms with Gasteiger partial charge in [-0.3, -0.25) is 9.59 Å². The molecule has 25 heavy (non-hydrogen) atoms. The van der Waals surface area contributed by atoms with E-state index in [0.717, 1.165) is 10.6 Å². The van der Waals surface area contributed by atoms with Gasteiger partial charge in [-0.05, 0) is 45.8 Å². The van der Waals surface area contributed by atoms with E-state index in [1.54, 1.807) is 6.07 Å². The summed E-state index contributed by atoms with van der Waals surface area (Å²) in [6.07, 6.45) is 1.42. The molecule has 2 N–H and O–H groups in total. The number of fused-ring (bicyclic) bond motifs is 1. The molecule has 0 aromatic heterocycles. The number of thioether (sulfide) groups is 1. The summed E-state index contributed by atoms with van der Waals surface area (Å²) < 4.78 is 13.5. The van der Waals surface area contributed by atoms with Crippen LogP contribution in [0.2, 0.25) is 0 Å². The van der Waals surface area contributed by atoms with E-state index in [-0.39, 0.29) is 24.1 Å². The van der Waals surface area contributed by atoms with Crippen molar-refractivity contribution in [3.8, 4) is 0 Å². The van der Waals surface area contributed by atoms with Crippen molar-refractivity contribution < 1.29 is 14.0 Å². The van der Waals surface area contributed by atoms with Gasteiger partial charge in [0.05, 0.1) is 21.6 Å². The van der Waals surface area contributed by atoms with Gasteiger partial charge in [0.15, 0.2) is 0 Å². The average molecular weight is 422 g/mol. The summed E-state index contributed by atoms with van der Waals surface area (Å²) in [5.41, 5.74) is 3.78. The number of carbonyl (C=O) groups excluding carboxylic acids is 2. The average Bonchev–Trinajstić information content (AvgIpc) is 2.59. The minimum Gasteiger partial charge on any atom is -0.324 e. The molecule has 1 aliphatic rings. The Morgan fingerprint density at radius 1 is 1.36 bits per heavy atom. The molecule has 0 spiro atoms. The molecule has 0 saturated heterocycles. The Balaban J connectivity index is 1.56. The lowest BCUT2D eigenvalue weighted by Crippen LogP contribution is -2.33. The summed E-state index contributed by atoms with van der Waals surface area (Å²) >= 11 is 4.44. The molecule has 0 saturated carbocycles. The maximum Gasteiger partial charge on any atom is 0.241 e. The van der Waals surface area contributed by atoms with Crippen LogP contribution in [0.25, 0.3) is 0 Å². The van der Waals surface area contributed by atoms with Crippen LogP contribution in [0.3, 0.4) is 0 Å². The zero-order chi connectivity index (χ0) is 17.8. The summed E-state index contributed by atoms with van der Waals surface area (Å²) in [6.45, 7) is 0. The van der Waals surface area contributed by atoms with Gasteiger partial charge in [0.25, 0.3) is 0 Å². The Bertz CT molecular complexity index is 860. The topological polar surface area (TPSA) is 70.6 Å². The van der Waals surface area contributed by atoms with Gasteiger partial charge in [-0.1, -0.05) is 18.2 Å². The molecule has 5 nitrogen and oxygen atoms in total. The lowest BCUT2D eigenvalue weighted by Gasteiger charge is -2.23. The minimum absolute atomic E-state index is 0.00921. The molecule has 0 aliphatic carbocycles. The molecule has 2 aromatic rings. The highest BCUT2D eigenvalue weighted by molar-refractivity contribution is 9.10. The number of hydrogen-bond acceptors (Lipinski definition) is 4. The molecule has 3 rings (SSSR count). The highest BCUT2D eigenvalue weighted by atomic mass is 79.9. The molecular formula is C17H13BrFN3O2S. The number of amides is 2.